The van der Waals surface area contributed by atoms with Crippen molar-refractivity contribution in [2.75, 3.05) is 5.43 Å². The average molecular weight is 402 g/mol. The molecule has 0 saturated heterocycles. The molecule has 144 valence electrons. The molecular formula is C16H5F7N4O. The number of rotatable bonds is 4. The highest BCUT2D eigenvalue weighted by Gasteiger charge is 2.33. The highest BCUT2D eigenvalue weighted by atomic mass is 19.4. The van der Waals surface area contributed by atoms with E-state index >= 15 is 0 Å². The van der Waals surface area contributed by atoms with Gasteiger partial charge in [-0.15, -0.1) is 0 Å². The van der Waals surface area contributed by atoms with E-state index in [1.165, 1.54) is 12.1 Å². The van der Waals surface area contributed by atoms with Crippen molar-refractivity contribution in [3.8, 4) is 23.6 Å². The molecule has 0 radical (unpaired) electrons. The molecule has 0 heterocycles. The minimum absolute atomic E-state index is 0.0486. The molecule has 1 N–H and O–H groups in total. The Kier molecular flexibility index (Phi) is 5.74. The van der Waals surface area contributed by atoms with E-state index in [1.54, 1.807) is 0 Å². The fraction of sp³-hybridized carbons (Fsp3) is 0.0625. The molecule has 12 heteroatoms. The molecule has 0 amide bonds. The standard InChI is InChI=1S/C16H5F7N4O/c17-9-3-13(27-26-8(5-24)6-25)14(4-10(9)18)28-15-11(19)1-7(2-12(15)20)16(21,22)23/h1-4,27H. The van der Waals surface area contributed by atoms with E-state index in [4.69, 9.17) is 15.3 Å². The number of nitriles is 2. The lowest BCUT2D eigenvalue weighted by Gasteiger charge is -2.14. The summed E-state index contributed by atoms with van der Waals surface area (Å²) in [6, 6.07) is 3.36. The van der Waals surface area contributed by atoms with Gasteiger partial charge in [0, 0.05) is 12.1 Å². The van der Waals surface area contributed by atoms with Crippen LogP contribution in [0.25, 0.3) is 0 Å². The molecular weight excluding hydrogens is 397 g/mol. The number of alkyl halides is 3. The van der Waals surface area contributed by atoms with Crippen molar-refractivity contribution in [2.24, 2.45) is 5.10 Å². The van der Waals surface area contributed by atoms with Crippen LogP contribution >= 0.6 is 0 Å². The van der Waals surface area contributed by atoms with Crippen LogP contribution in [-0.2, 0) is 6.18 Å². The highest BCUT2D eigenvalue weighted by molar-refractivity contribution is 6.10. The maximum Gasteiger partial charge on any atom is 0.416 e. The molecule has 0 fully saturated rings. The molecule has 0 unspecified atom stereocenters. The van der Waals surface area contributed by atoms with Crippen LogP contribution in [-0.4, -0.2) is 5.71 Å². The molecule has 28 heavy (non-hydrogen) atoms. The number of ether oxygens (including phenoxy) is 1. The monoisotopic (exact) mass is 402 g/mol. The minimum Gasteiger partial charge on any atom is -0.449 e. The van der Waals surface area contributed by atoms with Gasteiger partial charge in [-0.1, -0.05) is 0 Å². The average Bonchev–Trinajstić information content (AvgIpc) is 2.61. The largest absolute Gasteiger partial charge is 0.449 e. The quantitative estimate of drug-likeness (QED) is 0.450. The maximum absolute atomic E-state index is 13.9. The third kappa shape index (κ3) is 4.48. The van der Waals surface area contributed by atoms with Crippen molar-refractivity contribution in [3.63, 3.8) is 0 Å². The summed E-state index contributed by atoms with van der Waals surface area (Å²) in [6.45, 7) is 0. The number of hydrogen-bond acceptors (Lipinski definition) is 5. The number of anilines is 1. The molecule has 5 nitrogen and oxygen atoms in total. The number of hydrogen-bond donors (Lipinski definition) is 1. The van der Waals surface area contributed by atoms with Crippen molar-refractivity contribution in [2.45, 2.75) is 6.18 Å². The van der Waals surface area contributed by atoms with Gasteiger partial charge in [-0.05, 0) is 12.1 Å². The van der Waals surface area contributed by atoms with Gasteiger partial charge >= 0.3 is 6.18 Å². The second-order valence-electron chi connectivity index (χ2n) is 4.93. The molecule has 0 aliphatic heterocycles. The topological polar surface area (TPSA) is 81.2 Å². The van der Waals surface area contributed by atoms with Gasteiger partial charge < -0.3 is 4.74 Å². The SMILES string of the molecule is N#CC(C#N)=NNc1cc(F)c(F)cc1Oc1c(F)cc(C(F)(F)F)cc1F. The molecule has 2 aromatic rings. The first-order chi connectivity index (χ1) is 13.1. The third-order valence-corrected chi connectivity index (χ3v) is 3.06. The van der Waals surface area contributed by atoms with E-state index in [0.29, 0.717) is 12.1 Å². The lowest BCUT2D eigenvalue weighted by Crippen LogP contribution is -2.07. The van der Waals surface area contributed by atoms with Crippen LogP contribution in [0.4, 0.5) is 36.4 Å². The van der Waals surface area contributed by atoms with Crippen LogP contribution in [0.1, 0.15) is 5.56 Å². The Labute approximate surface area is 151 Å². The molecule has 0 aromatic heterocycles. The molecule has 0 atom stereocenters. The van der Waals surface area contributed by atoms with Crippen LogP contribution in [0.5, 0.6) is 11.5 Å². The van der Waals surface area contributed by atoms with E-state index in [-0.39, 0.29) is 12.1 Å². The Morgan fingerprint density at radius 2 is 1.43 bits per heavy atom. The van der Waals surface area contributed by atoms with Gasteiger partial charge in [0.2, 0.25) is 5.71 Å². The Morgan fingerprint density at radius 3 is 1.93 bits per heavy atom. The Morgan fingerprint density at radius 1 is 0.893 bits per heavy atom. The number of nitrogens with one attached hydrogen (secondary N) is 1. The highest BCUT2D eigenvalue weighted by Crippen LogP contribution is 2.38. The summed E-state index contributed by atoms with van der Waals surface area (Å²) in [6.07, 6.45) is -5.03. The molecule has 0 spiro atoms. The molecule has 2 aromatic carbocycles. The van der Waals surface area contributed by atoms with Crippen LogP contribution in [0, 0.1) is 45.9 Å². The number of halogens is 7. The first kappa shape index (κ1) is 20.5. The first-order valence-electron chi connectivity index (χ1n) is 6.93. The Balaban J connectivity index is 2.49. The molecule has 0 aliphatic rings. The van der Waals surface area contributed by atoms with E-state index in [2.05, 4.69) is 5.10 Å². The smallest absolute Gasteiger partial charge is 0.416 e. The van der Waals surface area contributed by atoms with Gasteiger partial charge in [-0.25, -0.2) is 17.6 Å². The fourth-order valence-corrected chi connectivity index (χ4v) is 1.82. The van der Waals surface area contributed by atoms with Crippen molar-refractivity contribution in [1.29, 1.82) is 10.5 Å². The van der Waals surface area contributed by atoms with Crippen molar-refractivity contribution in [1.82, 2.24) is 0 Å². The van der Waals surface area contributed by atoms with E-state index in [1.807, 2.05) is 5.43 Å². The molecule has 2 rings (SSSR count). The number of hydrazone groups is 1. The molecule has 0 aliphatic carbocycles. The number of nitrogens with zero attached hydrogens (tertiary/aromatic N) is 3. The summed E-state index contributed by atoms with van der Waals surface area (Å²) in [7, 11) is 0. The summed E-state index contributed by atoms with van der Waals surface area (Å²) in [5.41, 5.74) is -0.967. The van der Waals surface area contributed by atoms with Crippen molar-refractivity contribution in [3.05, 3.63) is 53.1 Å². The van der Waals surface area contributed by atoms with Gasteiger partial charge in [0.1, 0.15) is 17.8 Å². The maximum atomic E-state index is 13.9. The summed E-state index contributed by atoms with van der Waals surface area (Å²) < 4.78 is 97.1. The lowest BCUT2D eigenvalue weighted by atomic mass is 10.2. The summed E-state index contributed by atoms with van der Waals surface area (Å²) in [5.74, 6) is -8.60. The Bertz CT molecular complexity index is 996. The van der Waals surface area contributed by atoms with Gasteiger partial charge in [0.05, 0.1) is 5.56 Å². The lowest BCUT2D eigenvalue weighted by molar-refractivity contribution is -0.138. The predicted molar refractivity (Wildman–Crippen MR) is 80.1 cm³/mol. The van der Waals surface area contributed by atoms with Gasteiger partial charge in [0.25, 0.3) is 0 Å². The Hall–Kier alpha value is -3.80. The van der Waals surface area contributed by atoms with Crippen LogP contribution in [0.3, 0.4) is 0 Å². The van der Waals surface area contributed by atoms with Crippen molar-refractivity contribution < 1.29 is 35.5 Å². The summed E-state index contributed by atoms with van der Waals surface area (Å²) in [4.78, 5) is 0. The molecule has 0 bridgehead atoms. The third-order valence-electron chi connectivity index (χ3n) is 3.06. The zero-order chi connectivity index (χ0) is 21.1. The zero-order valence-corrected chi connectivity index (χ0v) is 13.2. The molecule has 0 saturated carbocycles. The number of benzene rings is 2. The fourth-order valence-electron chi connectivity index (χ4n) is 1.82. The second kappa shape index (κ2) is 7.84. The predicted octanol–water partition coefficient (Wildman–Crippen LogP) is 4.87. The van der Waals surface area contributed by atoms with Crippen molar-refractivity contribution >= 4 is 11.4 Å². The van der Waals surface area contributed by atoms with Crippen LogP contribution in [0.2, 0.25) is 0 Å². The van der Waals surface area contributed by atoms with Gasteiger partial charge in [0.15, 0.2) is 34.8 Å². The summed E-state index contributed by atoms with van der Waals surface area (Å²) in [5, 5.41) is 20.4. The normalized spacial score (nSPS) is 10.6. The minimum atomic E-state index is -5.03. The van der Waals surface area contributed by atoms with E-state index < -0.39 is 57.9 Å². The zero-order valence-electron chi connectivity index (χ0n) is 13.2. The van der Waals surface area contributed by atoms with Gasteiger partial charge in [-0.2, -0.15) is 28.8 Å². The van der Waals surface area contributed by atoms with E-state index in [0.717, 1.165) is 0 Å². The second-order valence-corrected chi connectivity index (χ2v) is 4.93. The first-order valence-corrected chi connectivity index (χ1v) is 6.93. The van der Waals surface area contributed by atoms with Crippen LogP contribution < -0.4 is 10.2 Å². The van der Waals surface area contributed by atoms with Gasteiger partial charge in [-0.3, -0.25) is 5.43 Å². The summed E-state index contributed by atoms with van der Waals surface area (Å²) >= 11 is 0. The van der Waals surface area contributed by atoms with E-state index in [9.17, 15) is 30.7 Å². The van der Waals surface area contributed by atoms with Crippen LogP contribution in [0.15, 0.2) is 29.4 Å².